The van der Waals surface area contributed by atoms with Crippen LogP contribution >= 0.6 is 0 Å². The lowest BCUT2D eigenvalue weighted by molar-refractivity contribution is -0.143. The first-order valence-electron chi connectivity index (χ1n) is 11.1. The molecule has 0 rings (SSSR count). The highest BCUT2D eigenvalue weighted by atomic mass is 16.4. The first-order valence-corrected chi connectivity index (χ1v) is 11.1. The summed E-state index contributed by atoms with van der Waals surface area (Å²) >= 11 is 0. The summed E-state index contributed by atoms with van der Waals surface area (Å²) in [5.74, 6) is -3.13. The molecule has 0 aliphatic carbocycles. The zero-order valence-electron chi connectivity index (χ0n) is 20.2. The topological polar surface area (TPSA) is 151 Å². The Bertz CT molecular complexity index is 621. The molecule has 0 radical (unpaired) electrons. The van der Waals surface area contributed by atoms with E-state index in [0.717, 1.165) is 0 Å². The summed E-state index contributed by atoms with van der Waals surface area (Å²) < 4.78 is 0. The number of aliphatic carboxylic acids is 1. The van der Waals surface area contributed by atoms with Gasteiger partial charge in [-0.05, 0) is 30.1 Å². The van der Waals surface area contributed by atoms with Gasteiger partial charge in [0.05, 0.1) is 6.04 Å². The first-order chi connectivity index (χ1) is 14.2. The quantitative estimate of drug-likeness (QED) is 0.290. The average Bonchev–Trinajstić information content (AvgIpc) is 2.66. The number of nitrogens with one attached hydrogen (secondary N) is 3. The van der Waals surface area contributed by atoms with Gasteiger partial charge in [-0.1, -0.05) is 61.8 Å². The van der Waals surface area contributed by atoms with Gasteiger partial charge in [0, 0.05) is 0 Å². The second-order valence-electron chi connectivity index (χ2n) is 9.40. The van der Waals surface area contributed by atoms with Crippen LogP contribution in [0.15, 0.2) is 0 Å². The van der Waals surface area contributed by atoms with Gasteiger partial charge in [0.15, 0.2) is 0 Å². The van der Waals surface area contributed by atoms with Crippen LogP contribution in [0, 0.1) is 23.7 Å². The van der Waals surface area contributed by atoms with Crippen LogP contribution < -0.4 is 21.7 Å². The van der Waals surface area contributed by atoms with Crippen LogP contribution in [-0.4, -0.2) is 53.0 Å². The molecule has 0 aromatic heterocycles. The maximum atomic E-state index is 13.1. The number of carboxylic acid groups (broad SMARTS) is 1. The lowest BCUT2D eigenvalue weighted by atomic mass is 9.95. The molecule has 0 aromatic carbocycles. The second-order valence-corrected chi connectivity index (χ2v) is 9.40. The summed E-state index contributed by atoms with van der Waals surface area (Å²) in [6.45, 7) is 14.6. The standard InChI is InChI=1S/C22H42N4O5/c1-9-14(8)18(26-20(28)16(23)12(4)5)21(29)24-15(10-11(2)3)19(27)25-17(13(6)7)22(30)31/h11-18H,9-10,23H2,1-8H3,(H,24,29)(H,25,27)(H,26,28)(H,30,31). The van der Waals surface area contributed by atoms with Crippen molar-refractivity contribution in [1.82, 2.24) is 16.0 Å². The molecule has 0 fully saturated rings. The van der Waals surface area contributed by atoms with Crippen LogP contribution in [0.4, 0.5) is 0 Å². The van der Waals surface area contributed by atoms with Gasteiger partial charge in [0.1, 0.15) is 18.1 Å². The van der Waals surface area contributed by atoms with E-state index in [4.69, 9.17) is 5.73 Å². The molecule has 6 N–H and O–H groups in total. The maximum Gasteiger partial charge on any atom is 0.326 e. The number of carbonyl (C=O) groups excluding carboxylic acids is 3. The number of rotatable bonds is 13. The fraction of sp³-hybridized carbons (Fsp3) is 0.818. The van der Waals surface area contributed by atoms with Crippen LogP contribution in [0.2, 0.25) is 0 Å². The van der Waals surface area contributed by atoms with Crippen LogP contribution in [0.1, 0.15) is 68.2 Å². The first kappa shape index (κ1) is 28.8. The summed E-state index contributed by atoms with van der Waals surface area (Å²) in [5, 5.41) is 17.3. The van der Waals surface area contributed by atoms with Gasteiger partial charge in [-0.25, -0.2) is 4.79 Å². The van der Waals surface area contributed by atoms with E-state index in [2.05, 4.69) is 16.0 Å². The zero-order chi connectivity index (χ0) is 24.5. The van der Waals surface area contributed by atoms with Gasteiger partial charge < -0.3 is 26.8 Å². The maximum absolute atomic E-state index is 13.1. The molecule has 5 unspecified atom stereocenters. The lowest BCUT2D eigenvalue weighted by Crippen LogP contribution is -2.59. The van der Waals surface area contributed by atoms with Crippen molar-refractivity contribution in [2.45, 2.75) is 92.4 Å². The molecule has 0 aliphatic heterocycles. The Balaban J connectivity index is 5.57. The number of hydrogen-bond acceptors (Lipinski definition) is 5. The number of nitrogens with two attached hydrogens (primary N) is 1. The van der Waals surface area contributed by atoms with E-state index in [1.165, 1.54) is 0 Å². The molecule has 31 heavy (non-hydrogen) atoms. The van der Waals surface area contributed by atoms with Crippen LogP contribution in [-0.2, 0) is 19.2 Å². The van der Waals surface area contributed by atoms with Gasteiger partial charge in [0.25, 0.3) is 0 Å². The van der Waals surface area contributed by atoms with E-state index in [9.17, 15) is 24.3 Å². The Morgan fingerprint density at radius 1 is 0.774 bits per heavy atom. The smallest absolute Gasteiger partial charge is 0.326 e. The minimum absolute atomic E-state index is 0.0735. The molecule has 0 aliphatic rings. The summed E-state index contributed by atoms with van der Waals surface area (Å²) in [5.41, 5.74) is 5.91. The van der Waals surface area contributed by atoms with E-state index in [0.29, 0.717) is 12.8 Å². The highest BCUT2D eigenvalue weighted by Crippen LogP contribution is 2.12. The molecule has 0 aromatic rings. The van der Waals surface area contributed by atoms with Crippen molar-refractivity contribution in [2.24, 2.45) is 29.4 Å². The van der Waals surface area contributed by atoms with Crippen molar-refractivity contribution >= 4 is 23.7 Å². The molecular weight excluding hydrogens is 400 g/mol. The fourth-order valence-electron chi connectivity index (χ4n) is 2.99. The SMILES string of the molecule is CCC(C)C(NC(=O)C(N)C(C)C)C(=O)NC(CC(C)C)C(=O)NC(C(=O)O)C(C)C. The third kappa shape index (κ3) is 9.67. The minimum Gasteiger partial charge on any atom is -0.480 e. The number of carboxylic acids is 1. The molecule has 9 nitrogen and oxygen atoms in total. The second kappa shape index (κ2) is 13.3. The minimum atomic E-state index is -1.13. The molecule has 0 spiro atoms. The Morgan fingerprint density at radius 3 is 1.68 bits per heavy atom. The van der Waals surface area contributed by atoms with E-state index in [1.54, 1.807) is 13.8 Å². The Morgan fingerprint density at radius 2 is 1.29 bits per heavy atom. The van der Waals surface area contributed by atoms with Crippen molar-refractivity contribution in [3.63, 3.8) is 0 Å². The predicted molar refractivity (Wildman–Crippen MR) is 120 cm³/mol. The van der Waals surface area contributed by atoms with Crippen molar-refractivity contribution in [1.29, 1.82) is 0 Å². The van der Waals surface area contributed by atoms with E-state index >= 15 is 0 Å². The Labute approximate surface area is 186 Å². The summed E-state index contributed by atoms with van der Waals surface area (Å²) in [4.78, 5) is 49.8. The Hall–Kier alpha value is -2.16. The molecule has 3 amide bonds. The zero-order valence-corrected chi connectivity index (χ0v) is 20.2. The van der Waals surface area contributed by atoms with Crippen molar-refractivity contribution in [3.8, 4) is 0 Å². The Kier molecular flexibility index (Phi) is 12.4. The highest BCUT2D eigenvalue weighted by Gasteiger charge is 2.33. The fourth-order valence-corrected chi connectivity index (χ4v) is 2.99. The molecule has 0 bridgehead atoms. The van der Waals surface area contributed by atoms with Crippen molar-refractivity contribution in [2.75, 3.05) is 0 Å². The normalized spacial score (nSPS) is 16.4. The molecular formula is C22H42N4O5. The van der Waals surface area contributed by atoms with Gasteiger partial charge in [-0.3, -0.25) is 14.4 Å². The monoisotopic (exact) mass is 442 g/mol. The van der Waals surface area contributed by atoms with E-state index in [1.807, 2.05) is 41.5 Å². The molecule has 0 saturated carbocycles. The van der Waals surface area contributed by atoms with Crippen LogP contribution in [0.3, 0.4) is 0 Å². The number of carbonyl (C=O) groups is 4. The van der Waals surface area contributed by atoms with Crippen LogP contribution in [0.5, 0.6) is 0 Å². The van der Waals surface area contributed by atoms with Gasteiger partial charge in [0.2, 0.25) is 17.7 Å². The lowest BCUT2D eigenvalue weighted by Gasteiger charge is -2.29. The molecule has 9 heteroatoms. The summed E-state index contributed by atoms with van der Waals surface area (Å²) in [6.07, 6.45) is 0.958. The van der Waals surface area contributed by atoms with Gasteiger partial charge >= 0.3 is 5.97 Å². The molecule has 0 saturated heterocycles. The molecule has 0 heterocycles. The van der Waals surface area contributed by atoms with Crippen molar-refractivity contribution < 1.29 is 24.3 Å². The van der Waals surface area contributed by atoms with E-state index in [-0.39, 0.29) is 23.7 Å². The molecule has 5 atom stereocenters. The average molecular weight is 443 g/mol. The van der Waals surface area contributed by atoms with E-state index < -0.39 is 47.9 Å². The third-order valence-corrected chi connectivity index (χ3v) is 5.38. The number of amides is 3. The van der Waals surface area contributed by atoms with Gasteiger partial charge in [-0.2, -0.15) is 0 Å². The summed E-state index contributed by atoms with van der Waals surface area (Å²) in [6, 6.07) is -3.59. The largest absolute Gasteiger partial charge is 0.480 e. The summed E-state index contributed by atoms with van der Waals surface area (Å²) in [7, 11) is 0. The predicted octanol–water partition coefficient (Wildman–Crippen LogP) is 1.26. The number of hydrogen-bond donors (Lipinski definition) is 5. The van der Waals surface area contributed by atoms with Crippen LogP contribution in [0.25, 0.3) is 0 Å². The third-order valence-electron chi connectivity index (χ3n) is 5.38. The molecule has 180 valence electrons. The van der Waals surface area contributed by atoms with Crippen molar-refractivity contribution in [3.05, 3.63) is 0 Å². The van der Waals surface area contributed by atoms with Gasteiger partial charge in [-0.15, -0.1) is 0 Å². The highest BCUT2D eigenvalue weighted by molar-refractivity contribution is 5.94.